The third-order valence-corrected chi connectivity index (χ3v) is 6.85. The maximum Gasteiger partial charge on any atom is 0.187 e. The van der Waals surface area contributed by atoms with Crippen molar-refractivity contribution in [2.45, 2.75) is 92.1 Å². The predicted molar refractivity (Wildman–Crippen MR) is 125 cm³/mol. The molecular formula is C22H41NO17. The highest BCUT2D eigenvalue weighted by molar-refractivity contribution is 4.96. The zero-order chi connectivity index (χ0) is 29.6. The molecule has 0 aromatic carbocycles. The van der Waals surface area contributed by atoms with Crippen LogP contribution in [0.5, 0.6) is 0 Å². The minimum atomic E-state index is -1.89. The Kier molecular flexibility index (Phi) is 13.2. The van der Waals surface area contributed by atoms with E-state index in [4.69, 9.17) is 38.9 Å². The normalized spacial score (nSPS) is 46.4. The Morgan fingerprint density at radius 1 is 0.500 bits per heavy atom. The van der Waals surface area contributed by atoms with Gasteiger partial charge in [-0.3, -0.25) is 0 Å². The Labute approximate surface area is 228 Å². The van der Waals surface area contributed by atoms with Gasteiger partial charge in [-0.15, -0.1) is 0 Å². The highest BCUT2D eigenvalue weighted by atomic mass is 16.8. The van der Waals surface area contributed by atoms with Crippen LogP contribution in [0.25, 0.3) is 0 Å². The summed E-state index contributed by atoms with van der Waals surface area (Å²) >= 11 is 0. The first-order valence-electron chi connectivity index (χ1n) is 12.8. The maximum absolute atomic E-state index is 10.8. The van der Waals surface area contributed by atoms with Gasteiger partial charge in [0.05, 0.1) is 39.6 Å². The first-order chi connectivity index (χ1) is 19.1. The Morgan fingerprint density at radius 3 is 1.48 bits per heavy atom. The quantitative estimate of drug-likeness (QED) is 0.0886. The van der Waals surface area contributed by atoms with Crippen molar-refractivity contribution in [1.82, 2.24) is 0 Å². The molecule has 0 saturated carbocycles. The molecule has 18 heteroatoms. The molecule has 0 amide bonds. The van der Waals surface area contributed by atoms with Gasteiger partial charge in [-0.05, 0) is 0 Å². The number of ether oxygens (including phenoxy) is 7. The standard InChI is InChI=1S/C22H41NO17/c23-1-2-34-3-4-35-21-18(15(31)12(28)9(6-25)37-21)40-22-19(16(32)13(29)10(7-26)38-22)39-20-17(33)14(30)11(27)8(5-24)36-20/h8-22,24-33H,1-7,23H2/t8?,9?,10?,11-,12-,13-,14+,15+,16+,17?,18?,19?,20+,21+,22-/m1/s1. The van der Waals surface area contributed by atoms with E-state index in [0.29, 0.717) is 0 Å². The first-order valence-corrected chi connectivity index (χ1v) is 12.8. The van der Waals surface area contributed by atoms with Crippen molar-refractivity contribution in [2.75, 3.05) is 46.2 Å². The smallest absolute Gasteiger partial charge is 0.187 e. The Morgan fingerprint density at radius 2 is 0.950 bits per heavy atom. The van der Waals surface area contributed by atoms with E-state index >= 15 is 0 Å². The number of nitrogens with two attached hydrogens (primary N) is 1. The van der Waals surface area contributed by atoms with Crippen molar-refractivity contribution in [3.63, 3.8) is 0 Å². The fourth-order valence-electron chi connectivity index (χ4n) is 4.54. The third-order valence-electron chi connectivity index (χ3n) is 6.85. The fraction of sp³-hybridized carbons (Fsp3) is 1.00. The summed E-state index contributed by atoms with van der Waals surface area (Å²) in [5.41, 5.74) is 5.37. The van der Waals surface area contributed by atoms with Crippen molar-refractivity contribution in [1.29, 1.82) is 0 Å². The number of hydrogen-bond donors (Lipinski definition) is 11. The van der Waals surface area contributed by atoms with E-state index in [-0.39, 0.29) is 26.4 Å². The predicted octanol–water partition coefficient (Wildman–Crippen LogP) is -7.57. The lowest BCUT2D eigenvalue weighted by molar-refractivity contribution is -0.393. The van der Waals surface area contributed by atoms with E-state index in [1.54, 1.807) is 0 Å². The lowest BCUT2D eigenvalue weighted by Crippen LogP contribution is -2.67. The molecular weight excluding hydrogens is 550 g/mol. The number of rotatable bonds is 13. The zero-order valence-electron chi connectivity index (χ0n) is 21.5. The average Bonchev–Trinajstić information content (AvgIpc) is 2.95. The minimum Gasteiger partial charge on any atom is -0.394 e. The molecule has 3 fully saturated rings. The van der Waals surface area contributed by atoms with E-state index in [0.717, 1.165) is 0 Å². The van der Waals surface area contributed by atoms with E-state index in [1.165, 1.54) is 0 Å². The van der Waals surface area contributed by atoms with Crippen molar-refractivity contribution < 1.29 is 84.2 Å². The zero-order valence-corrected chi connectivity index (χ0v) is 21.5. The van der Waals surface area contributed by atoms with Gasteiger partial charge in [0, 0.05) is 6.54 Å². The Bertz CT molecular complexity index is 737. The fourth-order valence-corrected chi connectivity index (χ4v) is 4.54. The minimum absolute atomic E-state index is 0.0620. The van der Waals surface area contributed by atoms with Crippen LogP contribution in [0.15, 0.2) is 0 Å². The van der Waals surface area contributed by atoms with Crippen LogP contribution in [0.3, 0.4) is 0 Å². The van der Waals surface area contributed by atoms with Gasteiger partial charge in [0.2, 0.25) is 0 Å². The summed E-state index contributed by atoms with van der Waals surface area (Å²) in [6.07, 6.45) is -24.8. The number of aliphatic hydroxyl groups excluding tert-OH is 10. The molecule has 0 aromatic heterocycles. The number of hydrogen-bond acceptors (Lipinski definition) is 18. The van der Waals surface area contributed by atoms with E-state index in [2.05, 4.69) is 0 Å². The van der Waals surface area contributed by atoms with E-state index < -0.39 is 112 Å². The molecule has 3 aliphatic rings. The van der Waals surface area contributed by atoms with Gasteiger partial charge < -0.3 is 90.0 Å². The van der Waals surface area contributed by atoms with Crippen LogP contribution in [-0.2, 0) is 33.2 Å². The lowest BCUT2D eigenvalue weighted by Gasteiger charge is -2.48. The molecule has 3 aliphatic heterocycles. The second-order valence-corrected chi connectivity index (χ2v) is 9.58. The number of aliphatic hydroxyl groups is 10. The molecule has 3 saturated heterocycles. The SMILES string of the molecule is NCCOCCO[C@H]1OC(CO)[C@@H](O)[C@H](O)C1O[C@H]1OC(CO)[C@@H](O)[C@H](O)C1O[C@@H]1OC(CO)[C@@H](O)[C@H](O)C1O. The molecule has 0 aromatic rings. The summed E-state index contributed by atoms with van der Waals surface area (Å²) in [6, 6.07) is 0. The topological polar surface area (TPSA) is 293 Å². The van der Waals surface area contributed by atoms with Crippen molar-refractivity contribution in [2.24, 2.45) is 5.73 Å². The average molecular weight is 592 g/mol. The van der Waals surface area contributed by atoms with Crippen molar-refractivity contribution >= 4 is 0 Å². The van der Waals surface area contributed by atoms with Gasteiger partial charge in [0.1, 0.15) is 73.2 Å². The molecule has 0 aliphatic carbocycles. The molecule has 0 radical (unpaired) electrons. The molecule has 40 heavy (non-hydrogen) atoms. The lowest BCUT2D eigenvalue weighted by atomic mass is 9.96. The van der Waals surface area contributed by atoms with E-state index in [9.17, 15) is 51.1 Å². The third kappa shape index (κ3) is 7.61. The van der Waals surface area contributed by atoms with Gasteiger partial charge >= 0.3 is 0 Å². The van der Waals surface area contributed by atoms with Gasteiger partial charge in [-0.2, -0.15) is 0 Å². The summed E-state index contributed by atoms with van der Waals surface area (Å²) in [5, 5.41) is 102. The molecule has 3 rings (SSSR count). The van der Waals surface area contributed by atoms with Gasteiger partial charge in [-0.25, -0.2) is 0 Å². The highest BCUT2D eigenvalue weighted by Gasteiger charge is 2.54. The van der Waals surface area contributed by atoms with Crippen molar-refractivity contribution in [3.05, 3.63) is 0 Å². The molecule has 0 bridgehead atoms. The Balaban J connectivity index is 1.82. The second kappa shape index (κ2) is 15.7. The Hall–Kier alpha value is -0.720. The highest BCUT2D eigenvalue weighted by Crippen LogP contribution is 2.33. The maximum atomic E-state index is 10.8. The molecule has 12 N–H and O–H groups in total. The second-order valence-electron chi connectivity index (χ2n) is 9.58. The van der Waals surface area contributed by atoms with E-state index in [1.807, 2.05) is 0 Å². The largest absolute Gasteiger partial charge is 0.394 e. The summed E-state index contributed by atoms with van der Waals surface area (Å²) < 4.78 is 38.6. The van der Waals surface area contributed by atoms with Gasteiger partial charge in [-0.1, -0.05) is 0 Å². The van der Waals surface area contributed by atoms with Crippen LogP contribution in [-0.4, -0.2) is 189 Å². The molecule has 3 heterocycles. The van der Waals surface area contributed by atoms with Crippen LogP contribution in [0.1, 0.15) is 0 Å². The summed E-state index contributed by atoms with van der Waals surface area (Å²) in [6.45, 7) is -1.78. The van der Waals surface area contributed by atoms with Crippen molar-refractivity contribution in [3.8, 4) is 0 Å². The molecule has 15 atom stereocenters. The first kappa shape index (κ1) is 33.8. The van der Waals surface area contributed by atoms with Crippen LogP contribution in [0.4, 0.5) is 0 Å². The molecule has 236 valence electrons. The summed E-state index contributed by atoms with van der Waals surface area (Å²) in [5.74, 6) is 0. The van der Waals surface area contributed by atoms with Gasteiger partial charge in [0.15, 0.2) is 18.9 Å². The van der Waals surface area contributed by atoms with Crippen LogP contribution in [0, 0.1) is 0 Å². The molecule has 6 unspecified atom stereocenters. The van der Waals surface area contributed by atoms with Crippen LogP contribution in [0.2, 0.25) is 0 Å². The monoisotopic (exact) mass is 591 g/mol. The summed E-state index contributed by atoms with van der Waals surface area (Å²) in [7, 11) is 0. The molecule has 18 nitrogen and oxygen atoms in total. The van der Waals surface area contributed by atoms with Crippen LogP contribution >= 0.6 is 0 Å². The van der Waals surface area contributed by atoms with Crippen LogP contribution < -0.4 is 5.73 Å². The van der Waals surface area contributed by atoms with Gasteiger partial charge in [0.25, 0.3) is 0 Å². The molecule has 0 spiro atoms. The summed E-state index contributed by atoms with van der Waals surface area (Å²) in [4.78, 5) is 0.